The lowest BCUT2D eigenvalue weighted by molar-refractivity contribution is -0.155. The summed E-state index contributed by atoms with van der Waals surface area (Å²) < 4.78 is 4.68. The van der Waals surface area contributed by atoms with Crippen molar-refractivity contribution in [3.8, 4) is 0 Å². The predicted molar refractivity (Wildman–Crippen MR) is 36.9 cm³/mol. The molecule has 0 heterocycles. The quantitative estimate of drug-likeness (QED) is 0.548. The Balaban J connectivity index is 3.89. The summed E-state index contributed by atoms with van der Waals surface area (Å²) in [4.78, 5) is 20.7. The van der Waals surface area contributed by atoms with E-state index in [0.717, 1.165) is 0 Å². The van der Waals surface area contributed by atoms with E-state index in [4.69, 9.17) is 5.11 Å². The van der Waals surface area contributed by atoms with E-state index in [0.29, 0.717) is 0 Å². The molecule has 0 saturated carbocycles. The van der Waals surface area contributed by atoms with Gasteiger partial charge in [0.1, 0.15) is 0 Å². The van der Waals surface area contributed by atoms with Crippen molar-refractivity contribution < 1.29 is 19.4 Å². The molecule has 2 N–H and O–H groups in total. The van der Waals surface area contributed by atoms with Gasteiger partial charge in [0.05, 0.1) is 0 Å². The maximum atomic E-state index is 10.4. The van der Waals surface area contributed by atoms with Crippen LogP contribution in [-0.4, -0.2) is 29.8 Å². The highest BCUT2D eigenvalue weighted by Gasteiger charge is 2.17. The molecule has 0 radical (unpaired) electrons. The van der Waals surface area contributed by atoms with E-state index in [1.807, 2.05) is 0 Å². The molecular formula is C6H11NO4. The molecule has 11 heavy (non-hydrogen) atoms. The van der Waals surface area contributed by atoms with Crippen molar-refractivity contribution in [2.75, 3.05) is 6.61 Å². The van der Waals surface area contributed by atoms with Crippen molar-refractivity contribution in [2.45, 2.75) is 20.1 Å². The maximum absolute atomic E-state index is 10.4. The van der Waals surface area contributed by atoms with Crippen LogP contribution in [0.15, 0.2) is 0 Å². The molecule has 1 amide bonds. The van der Waals surface area contributed by atoms with E-state index in [-0.39, 0.29) is 6.61 Å². The van der Waals surface area contributed by atoms with Crippen LogP contribution in [0.25, 0.3) is 0 Å². The van der Waals surface area contributed by atoms with Crippen molar-refractivity contribution in [1.82, 2.24) is 5.32 Å². The molecule has 1 atom stereocenters. The number of carbonyl (C=O) groups excluding carboxylic acids is 1. The lowest BCUT2D eigenvalue weighted by Gasteiger charge is -2.11. The summed E-state index contributed by atoms with van der Waals surface area (Å²) in [6.07, 6.45) is -1.22. The van der Waals surface area contributed by atoms with Gasteiger partial charge in [-0.1, -0.05) is 0 Å². The van der Waals surface area contributed by atoms with Gasteiger partial charge in [0, 0.05) is 13.5 Å². The Morgan fingerprint density at radius 3 is 2.45 bits per heavy atom. The van der Waals surface area contributed by atoms with Gasteiger partial charge < -0.3 is 15.2 Å². The van der Waals surface area contributed by atoms with Gasteiger partial charge in [-0.25, -0.2) is 4.79 Å². The highest BCUT2D eigenvalue weighted by atomic mass is 16.5. The summed E-state index contributed by atoms with van der Waals surface area (Å²) in [5, 5.41) is 10.5. The number of amides is 1. The molecule has 1 unspecified atom stereocenters. The second-order valence-electron chi connectivity index (χ2n) is 1.87. The first-order valence-electron chi connectivity index (χ1n) is 3.19. The Hall–Kier alpha value is -1.10. The van der Waals surface area contributed by atoms with Gasteiger partial charge in [-0.05, 0) is 6.92 Å². The van der Waals surface area contributed by atoms with Crippen LogP contribution in [0.1, 0.15) is 13.8 Å². The van der Waals surface area contributed by atoms with Gasteiger partial charge in [-0.3, -0.25) is 4.79 Å². The molecule has 0 aliphatic carbocycles. The molecule has 0 spiro atoms. The van der Waals surface area contributed by atoms with Gasteiger partial charge >= 0.3 is 5.97 Å². The fourth-order valence-electron chi connectivity index (χ4n) is 0.526. The number of rotatable bonds is 4. The van der Waals surface area contributed by atoms with Crippen LogP contribution in [0, 0.1) is 0 Å². The van der Waals surface area contributed by atoms with Crippen LogP contribution in [0.3, 0.4) is 0 Å². The molecule has 0 aromatic rings. The number of aliphatic carboxylic acids is 1. The highest BCUT2D eigenvalue weighted by Crippen LogP contribution is 1.86. The summed E-state index contributed by atoms with van der Waals surface area (Å²) in [5.41, 5.74) is 0. The third-order valence-electron chi connectivity index (χ3n) is 0.892. The second kappa shape index (κ2) is 4.68. The van der Waals surface area contributed by atoms with Crippen LogP contribution in [0.4, 0.5) is 0 Å². The first-order valence-corrected chi connectivity index (χ1v) is 3.19. The standard InChI is InChI=1S/C6H11NO4/c1-3-11-5(6(9)10)7-4(2)8/h5H,3H2,1-2H3,(H,7,8)(H,9,10). The Morgan fingerprint density at radius 2 is 2.18 bits per heavy atom. The van der Waals surface area contributed by atoms with Crippen LogP contribution in [0.5, 0.6) is 0 Å². The van der Waals surface area contributed by atoms with Crippen molar-refractivity contribution in [3.63, 3.8) is 0 Å². The fraction of sp³-hybridized carbons (Fsp3) is 0.667. The molecule has 0 aromatic heterocycles. The zero-order valence-electron chi connectivity index (χ0n) is 6.46. The summed E-state index contributed by atoms with van der Waals surface area (Å²) in [6.45, 7) is 3.13. The Kier molecular flexibility index (Phi) is 4.21. The minimum Gasteiger partial charge on any atom is -0.478 e. The molecule has 0 rings (SSSR count). The number of carboxylic acids is 1. The van der Waals surface area contributed by atoms with E-state index in [1.165, 1.54) is 6.92 Å². The van der Waals surface area contributed by atoms with Crippen LogP contribution < -0.4 is 5.32 Å². The minimum atomic E-state index is -1.22. The van der Waals surface area contributed by atoms with Gasteiger partial charge in [0.2, 0.25) is 12.1 Å². The molecule has 0 saturated heterocycles. The van der Waals surface area contributed by atoms with E-state index in [2.05, 4.69) is 10.1 Å². The minimum absolute atomic E-state index is 0.247. The molecule has 5 nitrogen and oxygen atoms in total. The van der Waals surface area contributed by atoms with Gasteiger partial charge in [0.25, 0.3) is 0 Å². The number of nitrogens with one attached hydrogen (secondary N) is 1. The highest BCUT2D eigenvalue weighted by molar-refractivity contribution is 5.80. The smallest absolute Gasteiger partial charge is 0.354 e. The monoisotopic (exact) mass is 161 g/mol. The zero-order chi connectivity index (χ0) is 8.85. The molecular weight excluding hydrogens is 150 g/mol. The summed E-state index contributed by atoms with van der Waals surface area (Å²) in [5.74, 6) is -1.62. The third-order valence-corrected chi connectivity index (χ3v) is 0.892. The van der Waals surface area contributed by atoms with Crippen molar-refractivity contribution in [1.29, 1.82) is 0 Å². The number of carboxylic acid groups (broad SMARTS) is 1. The summed E-state index contributed by atoms with van der Waals surface area (Å²) >= 11 is 0. The molecule has 64 valence electrons. The Labute approximate surface area is 64.3 Å². The molecule has 0 aliphatic rings. The first-order chi connectivity index (χ1) is 5.07. The normalized spacial score (nSPS) is 12.2. The molecule has 0 aromatic carbocycles. The average Bonchev–Trinajstić information content (AvgIpc) is 1.86. The van der Waals surface area contributed by atoms with E-state index >= 15 is 0 Å². The predicted octanol–water partition coefficient (Wildman–Crippen LogP) is -0.430. The van der Waals surface area contributed by atoms with Gasteiger partial charge in [-0.2, -0.15) is 0 Å². The Morgan fingerprint density at radius 1 is 1.64 bits per heavy atom. The summed E-state index contributed by atoms with van der Waals surface area (Å²) in [6, 6.07) is 0. The van der Waals surface area contributed by atoms with Crippen LogP contribution in [0.2, 0.25) is 0 Å². The first kappa shape index (κ1) is 9.90. The third kappa shape index (κ3) is 4.32. The number of ether oxygens (including phenoxy) is 1. The van der Waals surface area contributed by atoms with Gasteiger partial charge in [-0.15, -0.1) is 0 Å². The number of carbonyl (C=O) groups is 2. The number of hydrogen-bond donors (Lipinski definition) is 2. The van der Waals surface area contributed by atoms with Crippen molar-refractivity contribution in [3.05, 3.63) is 0 Å². The number of hydrogen-bond acceptors (Lipinski definition) is 3. The van der Waals surface area contributed by atoms with Crippen LogP contribution >= 0.6 is 0 Å². The van der Waals surface area contributed by atoms with E-state index in [9.17, 15) is 9.59 Å². The van der Waals surface area contributed by atoms with Crippen LogP contribution in [-0.2, 0) is 14.3 Å². The topological polar surface area (TPSA) is 75.6 Å². The maximum Gasteiger partial charge on any atom is 0.354 e. The second-order valence-corrected chi connectivity index (χ2v) is 1.87. The fourth-order valence-corrected chi connectivity index (χ4v) is 0.526. The van der Waals surface area contributed by atoms with E-state index in [1.54, 1.807) is 6.92 Å². The van der Waals surface area contributed by atoms with Crippen molar-refractivity contribution >= 4 is 11.9 Å². The molecule has 0 bridgehead atoms. The zero-order valence-corrected chi connectivity index (χ0v) is 6.46. The largest absolute Gasteiger partial charge is 0.478 e. The summed E-state index contributed by atoms with van der Waals surface area (Å²) in [7, 11) is 0. The van der Waals surface area contributed by atoms with E-state index < -0.39 is 18.1 Å². The Bertz CT molecular complexity index is 157. The molecule has 0 aliphatic heterocycles. The van der Waals surface area contributed by atoms with Gasteiger partial charge in [0.15, 0.2) is 0 Å². The molecule has 0 fully saturated rings. The lowest BCUT2D eigenvalue weighted by Crippen LogP contribution is -2.41. The average molecular weight is 161 g/mol. The SMILES string of the molecule is CCOC(NC(C)=O)C(=O)O. The van der Waals surface area contributed by atoms with Crippen molar-refractivity contribution in [2.24, 2.45) is 0 Å². The lowest BCUT2D eigenvalue weighted by atomic mass is 10.5. The molecule has 5 heteroatoms.